The molecule has 5 nitrogen and oxygen atoms in total. The van der Waals surface area contributed by atoms with Gasteiger partial charge in [0.15, 0.2) is 0 Å². The van der Waals surface area contributed by atoms with Gasteiger partial charge in [0.25, 0.3) is 0 Å². The van der Waals surface area contributed by atoms with Crippen LogP contribution in [0, 0.1) is 0 Å². The van der Waals surface area contributed by atoms with Crippen molar-refractivity contribution in [2.75, 3.05) is 7.05 Å². The van der Waals surface area contributed by atoms with Crippen molar-refractivity contribution in [3.8, 4) is 0 Å². The summed E-state index contributed by atoms with van der Waals surface area (Å²) in [4.78, 5) is 0. The SMILES string of the molecule is CN.[H-].[K+].[O]=[Mn](=[O])(=[O])[OH]. The van der Waals surface area contributed by atoms with Crippen LogP contribution in [0.1, 0.15) is 1.43 Å². The zero-order valence-corrected chi connectivity index (χ0v) is 8.93. The van der Waals surface area contributed by atoms with Crippen LogP contribution in [0.15, 0.2) is 0 Å². The fraction of sp³-hybridized carbons (Fsp3) is 1.00. The summed E-state index contributed by atoms with van der Waals surface area (Å²) in [5.74, 6) is 0. The molecule has 0 aliphatic rings. The van der Waals surface area contributed by atoms with Crippen molar-refractivity contribution in [2.45, 2.75) is 0 Å². The van der Waals surface area contributed by atoms with Crippen molar-refractivity contribution >= 4 is 0 Å². The normalized spacial score (nSPS) is 7.88. The zero-order chi connectivity index (χ0) is 6.50. The van der Waals surface area contributed by atoms with Crippen LogP contribution in [-0.2, 0) is 24.5 Å². The predicted octanol–water partition coefficient (Wildman–Crippen LogP) is -4.22. The Hall–Kier alpha value is 1.48. The van der Waals surface area contributed by atoms with E-state index in [1.165, 1.54) is 7.05 Å². The van der Waals surface area contributed by atoms with Gasteiger partial charge in [-0.15, -0.1) is 0 Å². The average molecular weight is 191 g/mol. The van der Waals surface area contributed by atoms with Gasteiger partial charge in [-0.25, -0.2) is 0 Å². The van der Waals surface area contributed by atoms with Gasteiger partial charge in [0.05, 0.1) is 0 Å². The molecule has 0 aromatic carbocycles. The van der Waals surface area contributed by atoms with Crippen LogP contribution in [0.25, 0.3) is 0 Å². The molecular formula is CH7KMnNO4. The van der Waals surface area contributed by atoms with Crippen molar-refractivity contribution in [2.24, 2.45) is 5.73 Å². The molecule has 0 aromatic rings. The van der Waals surface area contributed by atoms with Crippen molar-refractivity contribution in [1.82, 2.24) is 0 Å². The van der Waals surface area contributed by atoms with E-state index in [1.54, 1.807) is 0 Å². The topological polar surface area (TPSA) is 97.5 Å². The van der Waals surface area contributed by atoms with E-state index in [0.717, 1.165) is 0 Å². The third-order valence-electron chi connectivity index (χ3n) is 0. The minimum absolute atomic E-state index is 0. The predicted molar refractivity (Wildman–Crippen MR) is 15.5 cm³/mol. The standard InChI is InChI=1S/CH5N.K.Mn.H2O.3O.H/c1-2;;;;;;;/h2H2,1H3;;;1H2;;;;/q;2*+1;;;;;-1/p-1. The second-order valence-electron chi connectivity index (χ2n) is 0.396. The third kappa shape index (κ3) is 144. The Morgan fingerprint density at radius 1 is 1.38 bits per heavy atom. The van der Waals surface area contributed by atoms with Gasteiger partial charge >= 0.3 is 80.0 Å². The molecule has 0 amide bonds. The van der Waals surface area contributed by atoms with Crippen LogP contribution < -0.4 is 57.1 Å². The Kier molecular flexibility index (Phi) is 17.2. The quantitative estimate of drug-likeness (QED) is 0.378. The molecule has 0 atom stereocenters. The summed E-state index contributed by atoms with van der Waals surface area (Å²) in [6.07, 6.45) is 0. The van der Waals surface area contributed by atoms with Crippen LogP contribution in [0.3, 0.4) is 0 Å². The Bertz CT molecular complexity index is 142. The number of rotatable bonds is 0. The molecular weight excluding hydrogens is 184 g/mol. The van der Waals surface area contributed by atoms with Gasteiger partial charge < -0.3 is 7.16 Å². The molecule has 0 fully saturated rings. The Morgan fingerprint density at radius 2 is 1.38 bits per heavy atom. The maximum atomic E-state index is 8.69. The second-order valence-corrected chi connectivity index (χ2v) is 1.63. The summed E-state index contributed by atoms with van der Waals surface area (Å²) >= 11 is -5.38. The molecule has 0 bridgehead atoms. The Morgan fingerprint density at radius 3 is 1.38 bits per heavy atom. The second kappa shape index (κ2) is 8.48. The fourth-order valence-corrected chi connectivity index (χ4v) is 0. The van der Waals surface area contributed by atoms with Crippen LogP contribution in [-0.4, -0.2) is 11.2 Å². The summed E-state index contributed by atoms with van der Waals surface area (Å²) < 4.78 is 33.1. The molecule has 0 saturated carbocycles. The van der Waals surface area contributed by atoms with Gasteiger partial charge in [-0.05, 0) is 7.05 Å². The summed E-state index contributed by atoms with van der Waals surface area (Å²) in [6, 6.07) is 0. The molecule has 3 N–H and O–H groups in total. The van der Waals surface area contributed by atoms with Gasteiger partial charge in [-0.2, -0.15) is 0 Å². The van der Waals surface area contributed by atoms with Gasteiger partial charge in [0.1, 0.15) is 0 Å². The van der Waals surface area contributed by atoms with Gasteiger partial charge in [-0.3, -0.25) is 0 Å². The van der Waals surface area contributed by atoms with Crippen LogP contribution in [0.5, 0.6) is 0 Å². The number of nitrogens with two attached hydrogens (primary N) is 1. The number of hydrogen-bond acceptors (Lipinski definition) is 4. The van der Waals surface area contributed by atoms with E-state index >= 15 is 0 Å². The van der Waals surface area contributed by atoms with Crippen LogP contribution in [0.4, 0.5) is 0 Å². The molecule has 48 valence electrons. The Labute approximate surface area is 92.7 Å². The monoisotopic (exact) mass is 191 g/mol. The van der Waals surface area contributed by atoms with Crippen molar-refractivity contribution in [3.05, 3.63) is 0 Å². The first kappa shape index (κ1) is 16.2. The summed E-state index contributed by atoms with van der Waals surface area (Å²) in [5, 5.41) is 0. The van der Waals surface area contributed by atoms with Crippen molar-refractivity contribution in [1.29, 1.82) is 0 Å². The van der Waals surface area contributed by atoms with E-state index < -0.39 is 13.0 Å². The van der Waals surface area contributed by atoms with E-state index in [4.69, 9.17) is 15.7 Å². The third-order valence-corrected chi connectivity index (χ3v) is 0. The molecule has 0 aromatic heterocycles. The first-order valence-corrected chi connectivity index (χ1v) is 3.18. The molecule has 0 aliphatic carbocycles. The molecule has 0 aliphatic heterocycles. The fourth-order valence-electron chi connectivity index (χ4n) is 0. The summed E-state index contributed by atoms with van der Waals surface area (Å²) in [6.45, 7) is 0. The van der Waals surface area contributed by atoms with Gasteiger partial charge in [-0.1, -0.05) is 0 Å². The zero-order valence-electron chi connectivity index (χ0n) is 5.63. The maximum absolute atomic E-state index is 8.69. The molecule has 8 heavy (non-hydrogen) atoms. The summed E-state index contributed by atoms with van der Waals surface area (Å²) in [5.41, 5.74) is 4.50. The van der Waals surface area contributed by atoms with Gasteiger partial charge in [0, 0.05) is 0 Å². The first-order valence-electron chi connectivity index (χ1n) is 1.21. The average Bonchev–Trinajstić information content (AvgIpc) is 1.36. The molecule has 0 spiro atoms. The first-order chi connectivity index (χ1) is 3.00. The van der Waals surface area contributed by atoms with Crippen molar-refractivity contribution in [3.63, 3.8) is 0 Å². The van der Waals surface area contributed by atoms with Crippen LogP contribution in [0.2, 0.25) is 0 Å². The van der Waals surface area contributed by atoms with E-state index in [0.29, 0.717) is 0 Å². The molecule has 0 saturated heterocycles. The number of hydrogen-bond donors (Lipinski definition) is 2. The van der Waals surface area contributed by atoms with E-state index in [1.807, 2.05) is 0 Å². The summed E-state index contributed by atoms with van der Waals surface area (Å²) in [7, 11) is 1.50. The Balaban J connectivity index is -0.0000000286. The van der Waals surface area contributed by atoms with Gasteiger partial charge in [0.2, 0.25) is 0 Å². The molecule has 0 rings (SSSR count). The van der Waals surface area contributed by atoms with Crippen molar-refractivity contribution < 1.29 is 81.5 Å². The van der Waals surface area contributed by atoms with E-state index in [-0.39, 0.29) is 52.8 Å². The van der Waals surface area contributed by atoms with E-state index in [2.05, 4.69) is 5.73 Å². The molecule has 0 unspecified atom stereocenters. The minimum atomic E-state index is -5.38. The van der Waals surface area contributed by atoms with E-state index in [9.17, 15) is 0 Å². The molecule has 0 heterocycles. The molecule has 7 heteroatoms. The van der Waals surface area contributed by atoms with Crippen LogP contribution >= 0.6 is 0 Å². The molecule has 0 radical (unpaired) electrons.